The first-order valence-electron chi connectivity index (χ1n) is 14.2. The fourth-order valence-corrected chi connectivity index (χ4v) is 4.33. The number of nitrogens with two attached hydrogens (primary N) is 3. The molecule has 5 atom stereocenters. The summed E-state index contributed by atoms with van der Waals surface area (Å²) in [6, 6.07) is 10.1. The Morgan fingerprint density at radius 3 is 2.24 bits per heavy atom. The average molecular weight is 626 g/mol. The fraction of sp³-hybridized carbons (Fsp3) is 0.379. The fourth-order valence-electron chi connectivity index (χ4n) is 4.33. The molecule has 3 amide bonds. The highest BCUT2D eigenvalue weighted by atomic mass is 16.5. The molecule has 0 bridgehead atoms. The van der Waals surface area contributed by atoms with Crippen LogP contribution in [0.5, 0.6) is 5.75 Å². The number of aliphatic imine (C=N–C) groups is 1. The summed E-state index contributed by atoms with van der Waals surface area (Å²) in [4.78, 5) is 46.4. The normalized spacial score (nSPS) is 14.3. The molecule has 0 aliphatic heterocycles. The molecule has 242 valence electrons. The summed E-state index contributed by atoms with van der Waals surface area (Å²) in [6.07, 6.45) is -0.541. The zero-order valence-electron chi connectivity index (χ0n) is 24.7. The number of carbonyl (C=O) groups is 3. The third-order valence-electron chi connectivity index (χ3n) is 6.68. The van der Waals surface area contributed by atoms with Crippen LogP contribution in [0.15, 0.2) is 64.1 Å². The van der Waals surface area contributed by atoms with Crippen LogP contribution in [-0.4, -0.2) is 74.1 Å². The number of phenols is 1. The van der Waals surface area contributed by atoms with E-state index in [-0.39, 0.29) is 49.2 Å². The Morgan fingerprint density at radius 1 is 0.956 bits per heavy atom. The minimum absolute atomic E-state index is 0.00740. The van der Waals surface area contributed by atoms with Gasteiger partial charge in [-0.2, -0.15) is 4.98 Å². The van der Waals surface area contributed by atoms with Gasteiger partial charge in [0.05, 0.1) is 12.1 Å². The van der Waals surface area contributed by atoms with Crippen LogP contribution in [0.4, 0.5) is 4.79 Å². The predicted molar refractivity (Wildman–Crippen MR) is 163 cm³/mol. The maximum absolute atomic E-state index is 13.2. The summed E-state index contributed by atoms with van der Waals surface area (Å²) in [6.45, 7) is 1.55. The topological polar surface area (TPSA) is 277 Å². The van der Waals surface area contributed by atoms with Crippen LogP contribution >= 0.6 is 0 Å². The quantitative estimate of drug-likeness (QED) is 0.0577. The summed E-state index contributed by atoms with van der Waals surface area (Å²) >= 11 is 0. The van der Waals surface area contributed by atoms with Gasteiger partial charge >= 0.3 is 12.0 Å². The molecule has 45 heavy (non-hydrogen) atoms. The lowest BCUT2D eigenvalue weighted by Crippen LogP contribution is -2.54. The van der Waals surface area contributed by atoms with Gasteiger partial charge in [-0.15, -0.1) is 0 Å². The molecule has 1 aromatic heterocycles. The number of phenolic OH excluding ortho intramolecular Hbond substituents is 1. The van der Waals surface area contributed by atoms with E-state index >= 15 is 0 Å². The molecule has 0 saturated heterocycles. The van der Waals surface area contributed by atoms with Crippen LogP contribution in [0.1, 0.15) is 54.7 Å². The molecule has 0 saturated carbocycles. The number of aliphatic carboxylic acids is 1. The zero-order chi connectivity index (χ0) is 32.9. The van der Waals surface area contributed by atoms with E-state index in [0.29, 0.717) is 12.0 Å². The van der Waals surface area contributed by atoms with Gasteiger partial charge in [-0.05, 0) is 49.4 Å². The number of hydrogen-bond donors (Lipinski definition) is 9. The maximum atomic E-state index is 13.2. The Morgan fingerprint density at radius 2 is 1.62 bits per heavy atom. The van der Waals surface area contributed by atoms with Gasteiger partial charge in [-0.3, -0.25) is 9.79 Å². The van der Waals surface area contributed by atoms with Gasteiger partial charge in [-0.25, -0.2) is 9.59 Å². The van der Waals surface area contributed by atoms with E-state index in [0.717, 1.165) is 5.56 Å². The van der Waals surface area contributed by atoms with E-state index in [2.05, 4.69) is 31.1 Å². The lowest BCUT2D eigenvalue weighted by molar-refractivity contribution is -0.142. The minimum Gasteiger partial charge on any atom is -0.508 e. The highest BCUT2D eigenvalue weighted by Gasteiger charge is 2.30. The third kappa shape index (κ3) is 11.1. The molecule has 2 unspecified atom stereocenters. The second-order valence-electron chi connectivity index (χ2n) is 10.4. The van der Waals surface area contributed by atoms with Crippen molar-refractivity contribution in [3.05, 3.63) is 77.4 Å². The molecular formula is C29H39N9O7. The van der Waals surface area contributed by atoms with Crippen molar-refractivity contribution < 1.29 is 34.2 Å². The van der Waals surface area contributed by atoms with Gasteiger partial charge in [0, 0.05) is 13.0 Å². The third-order valence-corrected chi connectivity index (χ3v) is 6.68. The monoisotopic (exact) mass is 625 g/mol. The van der Waals surface area contributed by atoms with E-state index in [1.54, 1.807) is 0 Å². The smallest absolute Gasteiger partial charge is 0.326 e. The molecule has 1 heterocycles. The molecule has 2 aromatic carbocycles. The number of nitrogens with one attached hydrogen (secondary N) is 3. The van der Waals surface area contributed by atoms with Crippen LogP contribution in [0.3, 0.4) is 0 Å². The SMILES string of the molecule is CC(O)[C@H](NC(=O)N[C@@H](CCCN=C(N)N)C(=O)NC(Cc1ccc(O)cc1)C(=O)O)c1nc([C@@H](N)Cc2ccccc2)no1. The molecule has 3 rings (SSSR count). The number of rotatable bonds is 16. The Kier molecular flexibility index (Phi) is 12.6. The number of nitrogens with zero attached hydrogens (tertiary/aromatic N) is 3. The molecule has 3 aromatic rings. The first kappa shape index (κ1) is 34.3. The van der Waals surface area contributed by atoms with E-state index in [1.807, 2.05) is 30.3 Å². The lowest BCUT2D eigenvalue weighted by atomic mass is 10.0. The van der Waals surface area contributed by atoms with Gasteiger partial charge in [0.25, 0.3) is 5.89 Å². The van der Waals surface area contributed by atoms with Crippen molar-refractivity contribution in [2.75, 3.05) is 6.54 Å². The Labute approximate surface area is 259 Å². The molecule has 0 fully saturated rings. The number of benzene rings is 2. The lowest BCUT2D eigenvalue weighted by Gasteiger charge is -2.23. The Bertz CT molecular complexity index is 1430. The van der Waals surface area contributed by atoms with Crippen LogP contribution in [0.25, 0.3) is 0 Å². The number of aromatic nitrogens is 2. The molecular weight excluding hydrogens is 586 g/mol. The largest absolute Gasteiger partial charge is 0.508 e. The highest BCUT2D eigenvalue weighted by Crippen LogP contribution is 2.19. The first-order valence-corrected chi connectivity index (χ1v) is 14.2. The van der Waals surface area contributed by atoms with Crippen molar-refractivity contribution in [2.45, 2.75) is 62.9 Å². The van der Waals surface area contributed by atoms with Crippen molar-refractivity contribution >= 4 is 23.9 Å². The van der Waals surface area contributed by atoms with Gasteiger partial charge in [0.1, 0.15) is 23.9 Å². The van der Waals surface area contributed by atoms with Crippen molar-refractivity contribution in [2.24, 2.45) is 22.2 Å². The number of carboxylic acid groups (broad SMARTS) is 1. The number of carbonyl (C=O) groups excluding carboxylic acids is 2. The molecule has 16 heteroatoms. The van der Waals surface area contributed by atoms with E-state index in [4.69, 9.17) is 21.7 Å². The van der Waals surface area contributed by atoms with Crippen LogP contribution < -0.4 is 33.2 Å². The number of urea groups is 1. The van der Waals surface area contributed by atoms with Crippen LogP contribution in [-0.2, 0) is 22.4 Å². The highest BCUT2D eigenvalue weighted by molar-refractivity contribution is 5.90. The first-order chi connectivity index (χ1) is 21.4. The summed E-state index contributed by atoms with van der Waals surface area (Å²) in [5, 5.41) is 41.0. The van der Waals surface area contributed by atoms with Gasteiger partial charge in [-0.1, -0.05) is 47.6 Å². The molecule has 12 N–H and O–H groups in total. The second kappa shape index (κ2) is 16.6. The van der Waals surface area contributed by atoms with Crippen molar-refractivity contribution in [3.8, 4) is 5.75 Å². The number of aromatic hydroxyl groups is 1. The van der Waals surface area contributed by atoms with Gasteiger partial charge in [0.2, 0.25) is 5.91 Å². The van der Waals surface area contributed by atoms with Crippen LogP contribution in [0.2, 0.25) is 0 Å². The molecule has 0 aliphatic rings. The number of aliphatic hydroxyl groups excluding tert-OH is 1. The average Bonchev–Trinajstić information content (AvgIpc) is 3.48. The maximum Gasteiger partial charge on any atom is 0.326 e. The molecule has 0 radical (unpaired) electrons. The molecule has 0 spiro atoms. The molecule has 0 aliphatic carbocycles. The number of carboxylic acids is 1. The number of amides is 3. The summed E-state index contributed by atoms with van der Waals surface area (Å²) in [7, 11) is 0. The van der Waals surface area contributed by atoms with Crippen molar-refractivity contribution in [1.29, 1.82) is 0 Å². The van der Waals surface area contributed by atoms with Gasteiger partial charge in [0.15, 0.2) is 11.8 Å². The van der Waals surface area contributed by atoms with Crippen molar-refractivity contribution in [1.82, 2.24) is 26.1 Å². The number of hydrogen-bond acceptors (Lipinski definition) is 10. The number of guanidine groups is 1. The number of aliphatic hydroxyl groups is 1. The van der Waals surface area contributed by atoms with Crippen molar-refractivity contribution in [3.63, 3.8) is 0 Å². The summed E-state index contributed by atoms with van der Waals surface area (Å²) < 4.78 is 5.30. The standard InChI is InChI=1S/C29H39N9O7/c1-16(39)23(26-37-24(38-45-26)20(30)14-17-6-3-2-4-7-17)36-29(44)35-21(8-5-13-33-28(31)32)25(41)34-22(27(42)43)15-18-9-11-19(40)12-10-18/h2-4,6-7,9-12,16,20-23,39-40H,5,8,13-15,30H2,1H3,(H,34,41)(H,42,43)(H4,31,32,33)(H2,35,36,44)/t16?,20-,21-,22?,23-/m0/s1. The van der Waals surface area contributed by atoms with E-state index in [1.165, 1.54) is 31.2 Å². The second-order valence-corrected chi connectivity index (χ2v) is 10.4. The van der Waals surface area contributed by atoms with Crippen LogP contribution in [0, 0.1) is 0 Å². The summed E-state index contributed by atoms with van der Waals surface area (Å²) in [5.41, 5.74) is 18.5. The minimum atomic E-state index is -1.34. The van der Waals surface area contributed by atoms with Gasteiger partial charge < -0.3 is 53.0 Å². The van der Waals surface area contributed by atoms with E-state index in [9.17, 15) is 29.7 Å². The Hall–Kier alpha value is -5.22. The zero-order valence-corrected chi connectivity index (χ0v) is 24.7. The predicted octanol–water partition coefficient (Wildman–Crippen LogP) is -0.0269. The summed E-state index contributed by atoms with van der Waals surface area (Å²) in [5.74, 6) is -2.15. The molecule has 16 nitrogen and oxygen atoms in total. The Balaban J connectivity index is 1.70. The van der Waals surface area contributed by atoms with E-state index < -0.39 is 48.2 Å².